The zero-order valence-electron chi connectivity index (χ0n) is 12.8. The molecule has 1 atom stereocenters. The Hall–Kier alpha value is -1.72. The molecule has 5 heteroatoms. The molecule has 4 nitrogen and oxygen atoms in total. The van der Waals surface area contributed by atoms with E-state index in [9.17, 15) is 13.2 Å². The maximum atomic E-state index is 12.7. The van der Waals surface area contributed by atoms with Crippen molar-refractivity contribution in [3.05, 3.63) is 47.1 Å². The van der Waals surface area contributed by atoms with E-state index in [-0.39, 0.29) is 21.5 Å². The van der Waals surface area contributed by atoms with Gasteiger partial charge in [-0.15, -0.1) is 0 Å². The van der Waals surface area contributed by atoms with Crippen LogP contribution < -0.4 is 0 Å². The third-order valence-electron chi connectivity index (χ3n) is 5.29. The van der Waals surface area contributed by atoms with Crippen molar-refractivity contribution in [2.45, 2.75) is 32.1 Å². The summed E-state index contributed by atoms with van der Waals surface area (Å²) in [7, 11) is -4.19. The molecular weight excluding hydrogens is 300 g/mol. The third kappa shape index (κ3) is 1.92. The SMILES string of the molecule is CC1(C)C2=CCC1(C)C(=O)C2=Cc1ccc(S(=O)(=O)O)cc1. The Morgan fingerprint density at radius 2 is 1.73 bits per heavy atom. The van der Waals surface area contributed by atoms with Gasteiger partial charge in [-0.2, -0.15) is 8.42 Å². The van der Waals surface area contributed by atoms with Gasteiger partial charge < -0.3 is 0 Å². The van der Waals surface area contributed by atoms with E-state index in [0.29, 0.717) is 5.57 Å². The van der Waals surface area contributed by atoms with Crippen molar-refractivity contribution in [1.82, 2.24) is 0 Å². The highest BCUT2D eigenvalue weighted by atomic mass is 32.2. The Morgan fingerprint density at radius 1 is 1.14 bits per heavy atom. The predicted molar refractivity (Wildman–Crippen MR) is 83.8 cm³/mol. The lowest BCUT2D eigenvalue weighted by molar-refractivity contribution is -0.125. The normalized spacial score (nSPS) is 28.3. The fourth-order valence-corrected chi connectivity index (χ4v) is 3.88. The molecule has 3 rings (SSSR count). The first-order chi connectivity index (χ1) is 10.1. The number of Topliss-reactive ketones (excluding diaryl/α,β-unsaturated/α-hetero) is 1. The minimum absolute atomic E-state index is 0.147. The molecule has 2 aliphatic carbocycles. The monoisotopic (exact) mass is 318 g/mol. The van der Waals surface area contributed by atoms with Gasteiger partial charge in [-0.05, 0) is 35.8 Å². The quantitative estimate of drug-likeness (QED) is 0.671. The molecule has 1 aromatic carbocycles. The van der Waals surface area contributed by atoms with Gasteiger partial charge in [0.05, 0.1) is 4.90 Å². The van der Waals surface area contributed by atoms with Gasteiger partial charge in [-0.3, -0.25) is 9.35 Å². The summed E-state index contributed by atoms with van der Waals surface area (Å²) in [5.74, 6) is 0.147. The Kier molecular flexibility index (Phi) is 3.03. The van der Waals surface area contributed by atoms with Crippen molar-refractivity contribution in [1.29, 1.82) is 0 Å². The van der Waals surface area contributed by atoms with Gasteiger partial charge in [0.2, 0.25) is 0 Å². The summed E-state index contributed by atoms with van der Waals surface area (Å²) in [6.07, 6.45) is 4.70. The van der Waals surface area contributed by atoms with Gasteiger partial charge in [0.1, 0.15) is 0 Å². The fourth-order valence-electron chi connectivity index (χ4n) is 3.40. The van der Waals surface area contributed by atoms with Crippen molar-refractivity contribution in [2.24, 2.45) is 10.8 Å². The Labute approximate surface area is 130 Å². The Bertz CT molecular complexity index is 826. The first kappa shape index (κ1) is 15.2. The second-order valence-corrected chi connectivity index (χ2v) is 8.13. The molecule has 2 aliphatic rings. The van der Waals surface area contributed by atoms with Gasteiger partial charge in [0.15, 0.2) is 5.78 Å². The Balaban J connectivity index is 2.03. The van der Waals surface area contributed by atoms with Gasteiger partial charge in [-0.1, -0.05) is 39.0 Å². The van der Waals surface area contributed by atoms with Crippen molar-refractivity contribution in [3.8, 4) is 0 Å². The molecule has 0 aliphatic heterocycles. The van der Waals surface area contributed by atoms with Crippen LogP contribution in [-0.2, 0) is 14.9 Å². The number of allylic oxidation sites excluding steroid dienone is 3. The number of hydrogen-bond acceptors (Lipinski definition) is 3. The van der Waals surface area contributed by atoms with Crippen LogP contribution in [0.4, 0.5) is 0 Å². The Morgan fingerprint density at radius 3 is 2.18 bits per heavy atom. The summed E-state index contributed by atoms with van der Waals surface area (Å²) in [4.78, 5) is 12.5. The van der Waals surface area contributed by atoms with Crippen molar-refractivity contribution >= 4 is 22.0 Å². The topological polar surface area (TPSA) is 71.4 Å². The molecule has 0 saturated heterocycles. The number of rotatable bonds is 2. The first-order valence-electron chi connectivity index (χ1n) is 7.12. The average Bonchev–Trinajstić information content (AvgIpc) is 2.73. The minimum atomic E-state index is -4.19. The standard InChI is InChI=1S/C17H18O4S/c1-16(2)14-8-9-17(16,3)15(18)13(14)10-11-4-6-12(7-5-11)22(19,20)21/h4-8,10H,9H2,1-3H3,(H,19,20,21). The summed E-state index contributed by atoms with van der Waals surface area (Å²) in [5, 5.41) is 0. The second-order valence-electron chi connectivity index (χ2n) is 6.71. The number of carbonyl (C=O) groups excluding carboxylic acids is 1. The van der Waals surface area contributed by atoms with E-state index in [1.54, 1.807) is 18.2 Å². The highest BCUT2D eigenvalue weighted by molar-refractivity contribution is 7.85. The van der Waals surface area contributed by atoms with E-state index < -0.39 is 10.1 Å². The number of benzene rings is 1. The average molecular weight is 318 g/mol. The largest absolute Gasteiger partial charge is 0.294 e. The van der Waals surface area contributed by atoms with Gasteiger partial charge in [0.25, 0.3) is 10.1 Å². The van der Waals surface area contributed by atoms with Crippen LogP contribution in [0.1, 0.15) is 32.8 Å². The van der Waals surface area contributed by atoms with E-state index in [1.165, 1.54) is 12.1 Å². The minimum Gasteiger partial charge on any atom is -0.294 e. The smallest absolute Gasteiger partial charge is 0.294 e. The maximum Gasteiger partial charge on any atom is 0.294 e. The van der Waals surface area contributed by atoms with E-state index >= 15 is 0 Å². The van der Waals surface area contributed by atoms with Crippen LogP contribution in [0.15, 0.2) is 46.4 Å². The van der Waals surface area contributed by atoms with Crippen LogP contribution >= 0.6 is 0 Å². The van der Waals surface area contributed by atoms with Crippen LogP contribution in [0.25, 0.3) is 6.08 Å². The maximum absolute atomic E-state index is 12.7. The summed E-state index contributed by atoms with van der Waals surface area (Å²) < 4.78 is 31.1. The lowest BCUT2D eigenvalue weighted by Gasteiger charge is -2.31. The first-order valence-corrected chi connectivity index (χ1v) is 8.56. The molecule has 22 heavy (non-hydrogen) atoms. The van der Waals surface area contributed by atoms with Gasteiger partial charge in [-0.25, -0.2) is 0 Å². The molecule has 0 aromatic heterocycles. The molecule has 0 heterocycles. The molecule has 116 valence electrons. The van der Waals surface area contributed by atoms with E-state index in [0.717, 1.165) is 17.6 Å². The van der Waals surface area contributed by atoms with E-state index in [4.69, 9.17) is 4.55 Å². The number of fused-ring (bicyclic) bond motifs is 2. The predicted octanol–water partition coefficient (Wildman–Crippen LogP) is 3.26. The van der Waals surface area contributed by atoms with E-state index in [2.05, 4.69) is 19.9 Å². The molecule has 0 amide bonds. The third-order valence-corrected chi connectivity index (χ3v) is 6.16. The van der Waals surface area contributed by atoms with Crippen molar-refractivity contribution < 1.29 is 17.8 Å². The van der Waals surface area contributed by atoms with Gasteiger partial charge >= 0.3 is 0 Å². The van der Waals surface area contributed by atoms with Crippen LogP contribution in [-0.4, -0.2) is 18.8 Å². The highest BCUT2D eigenvalue weighted by Gasteiger charge is 2.59. The molecule has 1 aromatic rings. The van der Waals surface area contributed by atoms with Crippen LogP contribution in [0.3, 0.4) is 0 Å². The molecule has 1 fully saturated rings. The summed E-state index contributed by atoms with van der Waals surface area (Å²) in [6, 6.07) is 5.85. The van der Waals surface area contributed by atoms with Crippen LogP contribution in [0, 0.1) is 10.8 Å². The summed E-state index contributed by atoms with van der Waals surface area (Å²) in [5.41, 5.74) is 1.95. The summed E-state index contributed by atoms with van der Waals surface area (Å²) >= 11 is 0. The van der Waals surface area contributed by atoms with Crippen molar-refractivity contribution in [2.75, 3.05) is 0 Å². The second kappa shape index (κ2) is 4.40. The molecule has 1 unspecified atom stereocenters. The molecule has 1 saturated carbocycles. The van der Waals surface area contributed by atoms with Crippen LogP contribution in [0.2, 0.25) is 0 Å². The molecule has 0 radical (unpaired) electrons. The molecular formula is C17H18O4S. The zero-order valence-corrected chi connectivity index (χ0v) is 13.6. The lowest BCUT2D eigenvalue weighted by atomic mass is 9.70. The van der Waals surface area contributed by atoms with Gasteiger partial charge in [0, 0.05) is 16.4 Å². The molecule has 1 N–H and O–H groups in total. The van der Waals surface area contributed by atoms with Crippen LogP contribution in [0.5, 0.6) is 0 Å². The zero-order chi connectivity index (χ0) is 16.3. The lowest BCUT2D eigenvalue weighted by Crippen LogP contribution is -2.32. The van der Waals surface area contributed by atoms with E-state index in [1.807, 2.05) is 6.92 Å². The van der Waals surface area contributed by atoms with Crippen molar-refractivity contribution in [3.63, 3.8) is 0 Å². The molecule has 0 spiro atoms. The number of carbonyl (C=O) groups is 1. The fraction of sp³-hybridized carbons (Fsp3) is 0.353. The molecule has 2 bridgehead atoms. The number of ketones is 1. The highest BCUT2D eigenvalue weighted by Crippen LogP contribution is 2.62. The number of hydrogen-bond donors (Lipinski definition) is 1. The summed E-state index contributed by atoms with van der Waals surface area (Å²) in [6.45, 7) is 6.18.